The van der Waals surface area contributed by atoms with E-state index >= 15 is 0 Å². The van der Waals surface area contributed by atoms with E-state index in [9.17, 15) is 9.59 Å². The summed E-state index contributed by atoms with van der Waals surface area (Å²) in [5.74, 6) is -0.883. The van der Waals surface area contributed by atoms with Gasteiger partial charge in [-0.15, -0.1) is 11.3 Å². The SMILES string of the molecule is Cc1ccc(C)c(NC(=O)C(C)OC(=O)c2cc(Br)c(Br)s2)c1. The number of ether oxygens (including phenoxy) is 1. The van der Waals surface area contributed by atoms with Crippen molar-refractivity contribution < 1.29 is 14.3 Å². The molecule has 1 heterocycles. The van der Waals surface area contributed by atoms with Gasteiger partial charge >= 0.3 is 5.97 Å². The van der Waals surface area contributed by atoms with Crippen LogP contribution in [-0.4, -0.2) is 18.0 Å². The fourth-order valence-electron chi connectivity index (χ4n) is 1.82. The third-order valence-electron chi connectivity index (χ3n) is 3.15. The number of anilines is 1. The van der Waals surface area contributed by atoms with Crippen molar-refractivity contribution in [1.29, 1.82) is 0 Å². The maximum atomic E-state index is 12.2. The van der Waals surface area contributed by atoms with E-state index in [1.54, 1.807) is 13.0 Å². The van der Waals surface area contributed by atoms with Crippen LogP contribution in [0.25, 0.3) is 0 Å². The first kappa shape index (κ1) is 18.2. The molecule has 4 nitrogen and oxygen atoms in total. The van der Waals surface area contributed by atoms with Crippen LogP contribution < -0.4 is 5.32 Å². The Hall–Kier alpha value is -1.18. The molecule has 0 aliphatic rings. The van der Waals surface area contributed by atoms with Crippen LogP contribution in [0.1, 0.15) is 27.7 Å². The van der Waals surface area contributed by atoms with Gasteiger partial charge in [0.15, 0.2) is 6.10 Å². The van der Waals surface area contributed by atoms with Gasteiger partial charge in [0.05, 0.1) is 3.79 Å². The van der Waals surface area contributed by atoms with E-state index in [1.807, 2.05) is 32.0 Å². The summed E-state index contributed by atoms with van der Waals surface area (Å²) >= 11 is 7.89. The quantitative estimate of drug-likeness (QED) is 0.647. The number of carbonyl (C=O) groups excluding carboxylic acids is 2. The Labute approximate surface area is 155 Å². The molecule has 0 aliphatic carbocycles. The van der Waals surface area contributed by atoms with Gasteiger partial charge in [0.25, 0.3) is 5.91 Å². The molecular weight excluding hydrogens is 446 g/mol. The molecule has 1 amide bonds. The van der Waals surface area contributed by atoms with Gasteiger partial charge in [-0.05, 0) is 75.9 Å². The molecular formula is C16H15Br2NO3S. The molecule has 0 saturated carbocycles. The first-order chi connectivity index (χ1) is 10.8. The molecule has 122 valence electrons. The van der Waals surface area contributed by atoms with Crippen molar-refractivity contribution in [3.8, 4) is 0 Å². The van der Waals surface area contributed by atoms with Gasteiger partial charge in [-0.3, -0.25) is 4.79 Å². The predicted molar refractivity (Wildman–Crippen MR) is 99.1 cm³/mol. The molecule has 1 aromatic carbocycles. The molecule has 1 atom stereocenters. The predicted octanol–water partition coefficient (Wildman–Crippen LogP) is 5.07. The molecule has 1 unspecified atom stereocenters. The summed E-state index contributed by atoms with van der Waals surface area (Å²) < 4.78 is 6.81. The summed E-state index contributed by atoms with van der Waals surface area (Å²) in [4.78, 5) is 24.7. The third kappa shape index (κ3) is 4.65. The van der Waals surface area contributed by atoms with Crippen LogP contribution in [0, 0.1) is 13.8 Å². The van der Waals surface area contributed by atoms with Crippen molar-refractivity contribution in [1.82, 2.24) is 0 Å². The zero-order valence-corrected chi connectivity index (χ0v) is 16.8. The maximum absolute atomic E-state index is 12.2. The summed E-state index contributed by atoms with van der Waals surface area (Å²) in [5, 5.41) is 2.79. The highest BCUT2D eigenvalue weighted by Gasteiger charge is 2.21. The second kappa shape index (κ2) is 7.59. The molecule has 23 heavy (non-hydrogen) atoms. The number of rotatable bonds is 4. The average Bonchev–Trinajstić information content (AvgIpc) is 2.82. The number of nitrogens with one attached hydrogen (secondary N) is 1. The van der Waals surface area contributed by atoms with Crippen LogP contribution in [-0.2, 0) is 9.53 Å². The van der Waals surface area contributed by atoms with E-state index in [1.165, 1.54) is 11.3 Å². The van der Waals surface area contributed by atoms with Gasteiger partial charge in [-0.25, -0.2) is 4.79 Å². The van der Waals surface area contributed by atoms with E-state index in [-0.39, 0.29) is 5.91 Å². The van der Waals surface area contributed by atoms with Crippen LogP contribution in [0.2, 0.25) is 0 Å². The van der Waals surface area contributed by atoms with E-state index in [4.69, 9.17) is 4.74 Å². The molecule has 0 fully saturated rings. The lowest BCUT2D eigenvalue weighted by atomic mass is 10.1. The second-order valence-corrected chi connectivity index (χ2v) is 8.31. The molecule has 0 saturated heterocycles. The van der Waals surface area contributed by atoms with E-state index in [2.05, 4.69) is 37.2 Å². The van der Waals surface area contributed by atoms with Crippen molar-refractivity contribution in [2.75, 3.05) is 5.32 Å². The Morgan fingerprint density at radius 3 is 2.52 bits per heavy atom. The van der Waals surface area contributed by atoms with Gasteiger partial charge < -0.3 is 10.1 Å². The molecule has 0 bridgehead atoms. The van der Waals surface area contributed by atoms with Gasteiger partial charge in [0.1, 0.15) is 4.88 Å². The number of hydrogen-bond acceptors (Lipinski definition) is 4. The minimum absolute atomic E-state index is 0.360. The summed E-state index contributed by atoms with van der Waals surface area (Å²) in [6.07, 6.45) is -0.887. The van der Waals surface area contributed by atoms with Crippen LogP contribution in [0.3, 0.4) is 0 Å². The molecule has 2 aromatic rings. The lowest BCUT2D eigenvalue weighted by Gasteiger charge is -2.14. The monoisotopic (exact) mass is 459 g/mol. The molecule has 7 heteroatoms. The number of esters is 1. The molecule has 1 N–H and O–H groups in total. The van der Waals surface area contributed by atoms with Gasteiger partial charge in [-0.2, -0.15) is 0 Å². The number of carbonyl (C=O) groups is 2. The number of aryl methyl sites for hydroxylation is 2. The fraction of sp³-hybridized carbons (Fsp3) is 0.250. The van der Waals surface area contributed by atoms with Gasteiger partial charge in [0, 0.05) is 10.2 Å². The molecule has 0 spiro atoms. The number of amides is 1. The van der Waals surface area contributed by atoms with Crippen LogP contribution in [0.5, 0.6) is 0 Å². The standard InChI is InChI=1S/C16H15Br2NO3S/c1-8-4-5-9(2)12(6-8)19-15(20)10(3)22-16(21)13-7-11(17)14(18)23-13/h4-7,10H,1-3H3,(H,19,20). The smallest absolute Gasteiger partial charge is 0.349 e. The lowest BCUT2D eigenvalue weighted by Crippen LogP contribution is -2.30. The highest BCUT2D eigenvalue weighted by atomic mass is 79.9. The number of thiophene rings is 1. The Bertz CT molecular complexity index is 738. The number of hydrogen-bond donors (Lipinski definition) is 1. The summed E-state index contributed by atoms with van der Waals surface area (Å²) in [5.41, 5.74) is 2.72. The zero-order valence-electron chi connectivity index (χ0n) is 12.8. The average molecular weight is 461 g/mol. The largest absolute Gasteiger partial charge is 0.448 e. The van der Waals surface area contributed by atoms with Crippen molar-refractivity contribution in [2.24, 2.45) is 0 Å². The fourth-order valence-corrected chi connectivity index (χ4v) is 3.74. The van der Waals surface area contributed by atoms with Crippen molar-refractivity contribution >= 4 is 60.8 Å². The molecule has 0 radical (unpaired) electrons. The highest BCUT2D eigenvalue weighted by Crippen LogP contribution is 2.32. The minimum atomic E-state index is -0.887. The Balaban J connectivity index is 2.02. The number of halogens is 2. The van der Waals surface area contributed by atoms with E-state index in [0.29, 0.717) is 4.88 Å². The Kier molecular flexibility index (Phi) is 6.00. The normalized spacial score (nSPS) is 11.9. The van der Waals surface area contributed by atoms with E-state index in [0.717, 1.165) is 25.1 Å². The van der Waals surface area contributed by atoms with Crippen LogP contribution >= 0.6 is 43.2 Å². The summed E-state index contributed by atoms with van der Waals surface area (Å²) in [7, 11) is 0. The van der Waals surface area contributed by atoms with Crippen LogP contribution in [0.15, 0.2) is 32.5 Å². The van der Waals surface area contributed by atoms with Crippen molar-refractivity contribution in [3.05, 3.63) is 48.5 Å². The number of benzene rings is 1. The summed E-state index contributed by atoms with van der Waals surface area (Å²) in [6.45, 7) is 5.41. The Morgan fingerprint density at radius 2 is 1.91 bits per heavy atom. The summed E-state index contributed by atoms with van der Waals surface area (Å²) in [6, 6.07) is 7.45. The third-order valence-corrected chi connectivity index (χ3v) is 6.39. The lowest BCUT2D eigenvalue weighted by molar-refractivity contribution is -0.123. The van der Waals surface area contributed by atoms with Gasteiger partial charge in [-0.1, -0.05) is 12.1 Å². The topological polar surface area (TPSA) is 55.4 Å². The minimum Gasteiger partial charge on any atom is -0.448 e. The first-order valence-electron chi connectivity index (χ1n) is 6.82. The Morgan fingerprint density at radius 1 is 1.22 bits per heavy atom. The zero-order chi connectivity index (χ0) is 17.1. The first-order valence-corrected chi connectivity index (χ1v) is 9.22. The maximum Gasteiger partial charge on any atom is 0.349 e. The van der Waals surface area contributed by atoms with Crippen molar-refractivity contribution in [3.63, 3.8) is 0 Å². The molecule has 2 rings (SSSR count). The van der Waals surface area contributed by atoms with Crippen molar-refractivity contribution in [2.45, 2.75) is 26.9 Å². The van der Waals surface area contributed by atoms with E-state index < -0.39 is 12.1 Å². The van der Waals surface area contributed by atoms with Gasteiger partial charge in [0.2, 0.25) is 0 Å². The second-order valence-electron chi connectivity index (χ2n) is 5.09. The molecule has 1 aromatic heterocycles. The highest BCUT2D eigenvalue weighted by molar-refractivity contribution is 9.13. The van der Waals surface area contributed by atoms with Crippen LogP contribution in [0.4, 0.5) is 5.69 Å². The molecule has 0 aliphatic heterocycles.